The van der Waals surface area contributed by atoms with Gasteiger partial charge in [-0.05, 0) is 36.8 Å². The van der Waals surface area contributed by atoms with E-state index < -0.39 is 5.97 Å². The highest BCUT2D eigenvalue weighted by Crippen LogP contribution is 2.18. The number of hydrogen-bond donors (Lipinski definition) is 2. The van der Waals surface area contributed by atoms with Crippen LogP contribution in [-0.2, 0) is 11.3 Å². The van der Waals surface area contributed by atoms with Crippen molar-refractivity contribution in [2.24, 2.45) is 0 Å². The van der Waals surface area contributed by atoms with Crippen molar-refractivity contribution in [1.82, 2.24) is 14.7 Å². The normalized spacial score (nSPS) is 10.6. The molecule has 1 aromatic carbocycles. The minimum absolute atomic E-state index is 0.126. The zero-order valence-corrected chi connectivity index (χ0v) is 13.6. The molecule has 0 radical (unpaired) electrons. The smallest absolute Gasteiger partial charge is 0.335 e. The second-order valence-electron chi connectivity index (χ2n) is 5.55. The molecule has 0 saturated carbocycles. The molecule has 0 saturated heterocycles. The fraction of sp³-hybridized carbons (Fsp3) is 0.167. The number of imidazole rings is 1. The van der Waals surface area contributed by atoms with Gasteiger partial charge in [0.1, 0.15) is 0 Å². The molecule has 2 N–H and O–H groups in total. The highest BCUT2D eigenvalue weighted by molar-refractivity contribution is 5.87. The number of pyridine rings is 1. The number of nitrogens with zero attached hydrogens (tertiary/aromatic N) is 2. The van der Waals surface area contributed by atoms with Gasteiger partial charge in [-0.15, -0.1) is 0 Å². The van der Waals surface area contributed by atoms with E-state index in [1.807, 2.05) is 29.8 Å². The number of ether oxygens (including phenoxy) is 1. The van der Waals surface area contributed by atoms with Crippen LogP contribution in [0.25, 0.3) is 5.65 Å². The number of aryl methyl sites for hydroxylation is 1. The number of aromatic nitrogens is 2. The third kappa shape index (κ3) is 3.95. The van der Waals surface area contributed by atoms with Gasteiger partial charge in [-0.2, -0.15) is 0 Å². The molecule has 3 rings (SSSR count). The Bertz CT molecular complexity index is 916. The lowest BCUT2D eigenvalue weighted by molar-refractivity contribution is -0.123. The summed E-state index contributed by atoms with van der Waals surface area (Å²) in [7, 11) is 0. The molecule has 0 spiro atoms. The Labute approximate surface area is 143 Å². The van der Waals surface area contributed by atoms with E-state index in [1.165, 1.54) is 12.1 Å². The molecule has 128 valence electrons. The van der Waals surface area contributed by atoms with Crippen LogP contribution in [0.5, 0.6) is 5.75 Å². The molecule has 0 atom stereocenters. The number of nitrogens with one attached hydrogen (secondary N) is 1. The Kier molecular flexibility index (Phi) is 4.65. The minimum Gasteiger partial charge on any atom is -0.480 e. The van der Waals surface area contributed by atoms with Gasteiger partial charge in [0, 0.05) is 18.9 Å². The van der Waals surface area contributed by atoms with E-state index in [-0.39, 0.29) is 18.1 Å². The maximum Gasteiger partial charge on any atom is 0.335 e. The van der Waals surface area contributed by atoms with E-state index in [1.54, 1.807) is 18.2 Å². The number of rotatable bonds is 6. The van der Waals surface area contributed by atoms with Crippen LogP contribution >= 0.6 is 0 Å². The number of carboxylic acids is 1. The molecule has 0 aliphatic carbocycles. The quantitative estimate of drug-likeness (QED) is 0.717. The molecule has 0 unspecified atom stereocenters. The molecule has 0 aliphatic heterocycles. The first kappa shape index (κ1) is 16.5. The maximum atomic E-state index is 11.9. The molecule has 3 aromatic rings. The number of fused-ring (bicyclic) bond motifs is 1. The van der Waals surface area contributed by atoms with Gasteiger partial charge in [-0.3, -0.25) is 4.79 Å². The third-order valence-corrected chi connectivity index (χ3v) is 3.62. The Morgan fingerprint density at radius 3 is 2.72 bits per heavy atom. The van der Waals surface area contributed by atoms with E-state index in [4.69, 9.17) is 9.84 Å². The zero-order chi connectivity index (χ0) is 17.8. The monoisotopic (exact) mass is 339 g/mol. The predicted octanol–water partition coefficient (Wildman–Crippen LogP) is 2.04. The molecule has 0 aliphatic rings. The summed E-state index contributed by atoms with van der Waals surface area (Å²) >= 11 is 0. The van der Waals surface area contributed by atoms with Crippen LogP contribution in [0.4, 0.5) is 0 Å². The lowest BCUT2D eigenvalue weighted by atomic mass is 10.1. The summed E-state index contributed by atoms with van der Waals surface area (Å²) in [4.78, 5) is 27.1. The van der Waals surface area contributed by atoms with Crippen LogP contribution in [0, 0.1) is 6.92 Å². The van der Waals surface area contributed by atoms with Crippen LogP contribution < -0.4 is 10.1 Å². The standard InChI is InChI=1S/C18H17N3O4/c1-12-10-21-8-2-3-15(17(21)20-12)25-11-16(22)19-9-13-4-6-14(7-5-13)18(23)24/h2-8,10H,9,11H2,1H3,(H,19,22)(H,23,24). The SMILES string of the molecule is Cc1cn2cccc(OCC(=O)NCc3ccc(C(=O)O)cc3)c2n1. The van der Waals surface area contributed by atoms with Gasteiger partial charge < -0.3 is 19.6 Å². The Morgan fingerprint density at radius 2 is 2.00 bits per heavy atom. The van der Waals surface area contributed by atoms with Crippen molar-refractivity contribution in [2.75, 3.05) is 6.61 Å². The summed E-state index contributed by atoms with van der Waals surface area (Å²) in [5.74, 6) is -0.712. The number of carbonyl (C=O) groups excluding carboxylic acids is 1. The molecule has 7 heteroatoms. The Morgan fingerprint density at radius 1 is 1.24 bits per heavy atom. The molecule has 2 heterocycles. The van der Waals surface area contributed by atoms with Crippen molar-refractivity contribution >= 4 is 17.5 Å². The van der Waals surface area contributed by atoms with E-state index in [9.17, 15) is 9.59 Å². The zero-order valence-electron chi connectivity index (χ0n) is 13.6. The average Bonchev–Trinajstić information content (AvgIpc) is 2.99. The van der Waals surface area contributed by atoms with E-state index in [0.717, 1.165) is 11.3 Å². The number of benzene rings is 1. The molecule has 25 heavy (non-hydrogen) atoms. The molecule has 0 bridgehead atoms. The molecule has 1 amide bonds. The van der Waals surface area contributed by atoms with Crippen LogP contribution in [0.15, 0.2) is 48.8 Å². The van der Waals surface area contributed by atoms with E-state index >= 15 is 0 Å². The average molecular weight is 339 g/mol. The van der Waals surface area contributed by atoms with E-state index in [0.29, 0.717) is 17.9 Å². The number of aromatic carboxylic acids is 1. The van der Waals surface area contributed by atoms with Gasteiger partial charge in [0.25, 0.3) is 5.91 Å². The van der Waals surface area contributed by atoms with Gasteiger partial charge in [0.2, 0.25) is 0 Å². The fourth-order valence-electron chi connectivity index (χ4n) is 2.38. The van der Waals surface area contributed by atoms with Crippen LogP contribution in [0.2, 0.25) is 0 Å². The van der Waals surface area contributed by atoms with E-state index in [2.05, 4.69) is 10.3 Å². The molecule has 2 aromatic heterocycles. The summed E-state index contributed by atoms with van der Waals surface area (Å²) in [5, 5.41) is 11.6. The molecule has 0 fully saturated rings. The summed E-state index contributed by atoms with van der Waals surface area (Å²) in [6.07, 6.45) is 3.74. The highest BCUT2D eigenvalue weighted by atomic mass is 16.5. The van der Waals surface area contributed by atoms with Gasteiger partial charge in [-0.25, -0.2) is 9.78 Å². The van der Waals surface area contributed by atoms with Gasteiger partial charge >= 0.3 is 5.97 Å². The second-order valence-corrected chi connectivity index (χ2v) is 5.55. The Balaban J connectivity index is 1.55. The number of amides is 1. The fourth-order valence-corrected chi connectivity index (χ4v) is 2.38. The predicted molar refractivity (Wildman–Crippen MR) is 90.7 cm³/mol. The third-order valence-electron chi connectivity index (χ3n) is 3.62. The molecular formula is C18H17N3O4. The first-order valence-electron chi connectivity index (χ1n) is 7.69. The summed E-state index contributed by atoms with van der Waals surface area (Å²) in [5.41, 5.74) is 2.55. The number of hydrogen-bond acceptors (Lipinski definition) is 4. The first-order valence-corrected chi connectivity index (χ1v) is 7.69. The van der Waals surface area contributed by atoms with Gasteiger partial charge in [0.05, 0.1) is 11.3 Å². The van der Waals surface area contributed by atoms with Crippen LogP contribution in [0.3, 0.4) is 0 Å². The van der Waals surface area contributed by atoms with Crippen molar-refractivity contribution < 1.29 is 19.4 Å². The number of carbonyl (C=O) groups is 2. The van der Waals surface area contributed by atoms with Crippen molar-refractivity contribution in [3.63, 3.8) is 0 Å². The first-order chi connectivity index (χ1) is 12.0. The summed E-state index contributed by atoms with van der Waals surface area (Å²) in [6.45, 7) is 2.06. The maximum absolute atomic E-state index is 11.9. The Hall–Kier alpha value is -3.35. The summed E-state index contributed by atoms with van der Waals surface area (Å²) < 4.78 is 7.40. The van der Waals surface area contributed by atoms with Crippen molar-refractivity contribution in [3.8, 4) is 5.75 Å². The van der Waals surface area contributed by atoms with Gasteiger partial charge in [0.15, 0.2) is 18.0 Å². The largest absolute Gasteiger partial charge is 0.480 e. The van der Waals surface area contributed by atoms with Crippen molar-refractivity contribution in [1.29, 1.82) is 0 Å². The van der Waals surface area contributed by atoms with Crippen LogP contribution in [-0.4, -0.2) is 33.0 Å². The van der Waals surface area contributed by atoms with Crippen molar-refractivity contribution in [3.05, 3.63) is 65.6 Å². The van der Waals surface area contributed by atoms with Gasteiger partial charge in [-0.1, -0.05) is 12.1 Å². The topological polar surface area (TPSA) is 92.9 Å². The lowest BCUT2D eigenvalue weighted by Crippen LogP contribution is -2.28. The summed E-state index contributed by atoms with van der Waals surface area (Å²) in [6, 6.07) is 9.92. The second kappa shape index (κ2) is 7.04. The lowest BCUT2D eigenvalue weighted by Gasteiger charge is -2.08. The molecule has 7 nitrogen and oxygen atoms in total. The minimum atomic E-state index is -0.979. The van der Waals surface area contributed by atoms with Crippen LogP contribution in [0.1, 0.15) is 21.6 Å². The number of carboxylic acid groups (broad SMARTS) is 1. The molecular weight excluding hydrogens is 322 g/mol. The van der Waals surface area contributed by atoms with Crippen molar-refractivity contribution in [2.45, 2.75) is 13.5 Å². The highest BCUT2D eigenvalue weighted by Gasteiger charge is 2.08.